The van der Waals surface area contributed by atoms with E-state index >= 15 is 0 Å². The van der Waals surface area contributed by atoms with Crippen molar-refractivity contribution in [1.82, 2.24) is 9.99 Å². The Bertz CT molecular complexity index is 589. The van der Waals surface area contributed by atoms with Crippen LogP contribution in [-0.2, 0) is 0 Å². The normalized spacial score (nSPS) is 15.7. The molecule has 1 aliphatic rings. The summed E-state index contributed by atoms with van der Waals surface area (Å²) in [6.07, 6.45) is 3.76. The highest BCUT2D eigenvalue weighted by molar-refractivity contribution is 9.10. The van der Waals surface area contributed by atoms with Crippen molar-refractivity contribution < 1.29 is 0 Å². The van der Waals surface area contributed by atoms with Crippen molar-refractivity contribution in [1.29, 1.82) is 0 Å². The van der Waals surface area contributed by atoms with Gasteiger partial charge in [0.1, 0.15) is 5.82 Å². The van der Waals surface area contributed by atoms with Crippen LogP contribution in [0, 0.1) is 0 Å². The molecule has 1 saturated heterocycles. The van der Waals surface area contributed by atoms with Gasteiger partial charge >= 0.3 is 0 Å². The molecule has 21 heavy (non-hydrogen) atoms. The van der Waals surface area contributed by atoms with Crippen LogP contribution in [0.4, 0.5) is 5.82 Å². The topological polar surface area (TPSA) is 31.7 Å². The predicted octanol–water partition coefficient (Wildman–Crippen LogP) is 3.00. The fourth-order valence-corrected chi connectivity index (χ4v) is 2.54. The minimum atomic E-state index is 0.920. The van der Waals surface area contributed by atoms with Crippen molar-refractivity contribution in [2.75, 3.05) is 31.1 Å². The molecule has 0 spiro atoms. The molecule has 0 amide bonds. The zero-order chi connectivity index (χ0) is 14.5. The maximum Gasteiger partial charge on any atom is 0.128 e. The molecule has 0 atom stereocenters. The second kappa shape index (κ2) is 6.72. The molecule has 0 N–H and O–H groups in total. The Balaban J connectivity index is 1.55. The average molecular weight is 345 g/mol. The second-order valence-corrected chi connectivity index (χ2v) is 5.84. The highest BCUT2D eigenvalue weighted by atomic mass is 79.9. The highest BCUT2D eigenvalue weighted by Crippen LogP contribution is 2.13. The van der Waals surface area contributed by atoms with Crippen molar-refractivity contribution in [3.05, 3.63) is 58.7 Å². The van der Waals surface area contributed by atoms with Gasteiger partial charge in [0.15, 0.2) is 0 Å². The molecule has 0 bridgehead atoms. The Hall–Kier alpha value is -1.88. The standard InChI is InChI=1S/C16H17BrN4/c17-15-6-4-14(5-7-15)13-19-21-11-9-20(10-12-21)16-3-1-2-8-18-16/h1-8,13H,9-12H2/b19-13-. The van der Waals surface area contributed by atoms with Gasteiger partial charge in [0, 0.05) is 23.8 Å². The summed E-state index contributed by atoms with van der Waals surface area (Å²) < 4.78 is 1.09. The van der Waals surface area contributed by atoms with E-state index in [4.69, 9.17) is 0 Å². The van der Waals surface area contributed by atoms with E-state index in [9.17, 15) is 0 Å². The third-order valence-corrected chi connectivity index (χ3v) is 4.00. The number of rotatable bonds is 3. The fourth-order valence-electron chi connectivity index (χ4n) is 2.28. The lowest BCUT2D eigenvalue weighted by Crippen LogP contribution is -2.44. The molecule has 0 saturated carbocycles. The molecule has 1 aliphatic heterocycles. The third kappa shape index (κ3) is 3.82. The number of piperazine rings is 1. The van der Waals surface area contributed by atoms with E-state index in [-0.39, 0.29) is 0 Å². The van der Waals surface area contributed by atoms with Crippen LogP contribution in [0.1, 0.15) is 5.56 Å². The van der Waals surface area contributed by atoms with E-state index in [1.165, 1.54) is 0 Å². The number of pyridine rings is 1. The Morgan fingerprint density at radius 1 is 1.00 bits per heavy atom. The number of hydrogen-bond acceptors (Lipinski definition) is 4. The van der Waals surface area contributed by atoms with Crippen molar-refractivity contribution in [3.63, 3.8) is 0 Å². The molecule has 108 valence electrons. The first kappa shape index (κ1) is 14.1. The van der Waals surface area contributed by atoms with Gasteiger partial charge in [-0.25, -0.2) is 4.98 Å². The van der Waals surface area contributed by atoms with Crippen molar-refractivity contribution in [3.8, 4) is 0 Å². The van der Waals surface area contributed by atoms with Crippen LogP contribution in [-0.4, -0.2) is 42.4 Å². The number of hydrogen-bond donors (Lipinski definition) is 0. The summed E-state index contributed by atoms with van der Waals surface area (Å²) in [6.45, 7) is 3.75. The van der Waals surface area contributed by atoms with Crippen LogP contribution in [0.5, 0.6) is 0 Å². The number of anilines is 1. The molecule has 0 aliphatic carbocycles. The summed E-state index contributed by atoms with van der Waals surface area (Å²) >= 11 is 3.44. The van der Waals surface area contributed by atoms with Gasteiger partial charge in [-0.15, -0.1) is 0 Å². The average Bonchev–Trinajstić information content (AvgIpc) is 2.56. The summed E-state index contributed by atoms with van der Waals surface area (Å²) in [5.41, 5.74) is 1.12. The molecule has 0 unspecified atom stereocenters. The van der Waals surface area contributed by atoms with E-state index in [1.807, 2.05) is 36.7 Å². The van der Waals surface area contributed by atoms with Gasteiger partial charge in [0.2, 0.25) is 0 Å². The van der Waals surface area contributed by atoms with Crippen molar-refractivity contribution in [2.45, 2.75) is 0 Å². The largest absolute Gasteiger partial charge is 0.353 e. The van der Waals surface area contributed by atoms with E-state index in [1.54, 1.807) is 0 Å². The van der Waals surface area contributed by atoms with Gasteiger partial charge in [0.25, 0.3) is 0 Å². The zero-order valence-electron chi connectivity index (χ0n) is 11.7. The fraction of sp³-hybridized carbons (Fsp3) is 0.250. The Morgan fingerprint density at radius 2 is 1.76 bits per heavy atom. The van der Waals surface area contributed by atoms with Crippen LogP contribution >= 0.6 is 15.9 Å². The summed E-state index contributed by atoms with van der Waals surface area (Å²) in [7, 11) is 0. The maximum absolute atomic E-state index is 4.56. The Labute approximate surface area is 133 Å². The zero-order valence-corrected chi connectivity index (χ0v) is 13.3. The molecule has 3 rings (SSSR count). The summed E-state index contributed by atoms with van der Waals surface area (Å²) in [5.74, 6) is 1.05. The van der Waals surface area contributed by atoms with Crippen LogP contribution in [0.15, 0.2) is 58.2 Å². The minimum absolute atomic E-state index is 0.920. The van der Waals surface area contributed by atoms with Gasteiger partial charge < -0.3 is 4.90 Å². The van der Waals surface area contributed by atoms with Gasteiger partial charge in [-0.2, -0.15) is 5.10 Å². The molecule has 0 radical (unpaired) electrons. The van der Waals surface area contributed by atoms with Crippen LogP contribution in [0.2, 0.25) is 0 Å². The first-order valence-corrected chi connectivity index (χ1v) is 7.81. The first-order valence-electron chi connectivity index (χ1n) is 7.02. The quantitative estimate of drug-likeness (QED) is 0.802. The number of hydrazone groups is 1. The smallest absolute Gasteiger partial charge is 0.128 e. The van der Waals surface area contributed by atoms with Gasteiger partial charge in [-0.1, -0.05) is 34.1 Å². The van der Waals surface area contributed by atoms with E-state index in [0.29, 0.717) is 0 Å². The summed E-state index contributed by atoms with van der Waals surface area (Å²) in [6, 6.07) is 14.2. The van der Waals surface area contributed by atoms with Gasteiger partial charge in [0.05, 0.1) is 19.3 Å². The van der Waals surface area contributed by atoms with Crippen LogP contribution in [0.25, 0.3) is 0 Å². The predicted molar refractivity (Wildman–Crippen MR) is 89.8 cm³/mol. The van der Waals surface area contributed by atoms with Crippen molar-refractivity contribution in [2.24, 2.45) is 5.10 Å². The van der Waals surface area contributed by atoms with Crippen LogP contribution < -0.4 is 4.90 Å². The molecule has 5 heteroatoms. The summed E-state index contributed by atoms with van der Waals surface area (Å²) in [4.78, 5) is 6.69. The van der Waals surface area contributed by atoms with E-state index in [2.05, 4.69) is 54.1 Å². The third-order valence-electron chi connectivity index (χ3n) is 3.47. The van der Waals surface area contributed by atoms with E-state index < -0.39 is 0 Å². The molecule has 1 aromatic heterocycles. The van der Waals surface area contributed by atoms with Crippen LogP contribution in [0.3, 0.4) is 0 Å². The molecule has 2 aromatic rings. The monoisotopic (exact) mass is 344 g/mol. The molecule has 4 nitrogen and oxygen atoms in total. The number of nitrogens with zero attached hydrogens (tertiary/aromatic N) is 4. The van der Waals surface area contributed by atoms with Gasteiger partial charge in [-0.05, 0) is 29.8 Å². The van der Waals surface area contributed by atoms with E-state index in [0.717, 1.165) is 42.0 Å². The lowest BCUT2D eigenvalue weighted by Gasteiger charge is -2.33. The van der Waals surface area contributed by atoms with Gasteiger partial charge in [-0.3, -0.25) is 5.01 Å². The molecular formula is C16H17BrN4. The lowest BCUT2D eigenvalue weighted by atomic mass is 10.2. The SMILES string of the molecule is Brc1ccc(/C=N\N2CCN(c3ccccn3)CC2)cc1. The Morgan fingerprint density at radius 3 is 2.43 bits per heavy atom. The number of halogens is 1. The van der Waals surface area contributed by atoms with Crippen molar-refractivity contribution >= 4 is 28.0 Å². The minimum Gasteiger partial charge on any atom is -0.353 e. The molecular weight excluding hydrogens is 328 g/mol. The molecule has 2 heterocycles. The highest BCUT2D eigenvalue weighted by Gasteiger charge is 2.15. The Kier molecular flexibility index (Phi) is 4.50. The summed E-state index contributed by atoms with van der Waals surface area (Å²) in [5, 5.41) is 6.67. The second-order valence-electron chi connectivity index (χ2n) is 4.92. The maximum atomic E-state index is 4.56. The first-order chi connectivity index (χ1) is 10.3. The molecule has 1 fully saturated rings. The lowest BCUT2D eigenvalue weighted by molar-refractivity contribution is 0.271. The number of benzene rings is 1. The molecule has 1 aromatic carbocycles. The number of aromatic nitrogens is 1.